The van der Waals surface area contributed by atoms with Crippen LogP contribution in [0.25, 0.3) is 0 Å². The van der Waals surface area contributed by atoms with Crippen LogP contribution in [0, 0.1) is 20.8 Å². The summed E-state index contributed by atoms with van der Waals surface area (Å²) in [7, 11) is 0. The number of ketones is 1. The molecular weight excluding hydrogens is 240 g/mol. The molecule has 0 amide bonds. The van der Waals surface area contributed by atoms with Crippen LogP contribution in [-0.2, 0) is 13.1 Å². The Morgan fingerprint density at radius 2 is 1.89 bits per heavy atom. The average molecular weight is 260 g/mol. The van der Waals surface area contributed by atoms with E-state index < -0.39 is 0 Å². The van der Waals surface area contributed by atoms with Crippen LogP contribution in [0.15, 0.2) is 6.07 Å². The first-order valence-electron chi connectivity index (χ1n) is 6.52. The first-order chi connectivity index (χ1) is 8.93. The van der Waals surface area contributed by atoms with Gasteiger partial charge in [-0.05, 0) is 40.7 Å². The maximum atomic E-state index is 11.6. The smallest absolute Gasteiger partial charge is 0.163 e. The van der Waals surface area contributed by atoms with Crippen LogP contribution in [0.3, 0.4) is 0 Å². The lowest BCUT2D eigenvalue weighted by Gasteiger charge is -2.07. The van der Waals surface area contributed by atoms with Crippen molar-refractivity contribution in [3.05, 3.63) is 34.4 Å². The maximum Gasteiger partial charge on any atom is 0.163 e. The van der Waals surface area contributed by atoms with Crippen molar-refractivity contribution in [1.82, 2.24) is 19.6 Å². The molecule has 2 aromatic heterocycles. The van der Waals surface area contributed by atoms with E-state index in [1.165, 1.54) is 0 Å². The zero-order valence-electron chi connectivity index (χ0n) is 12.2. The molecular formula is C14H20N4O. The van der Waals surface area contributed by atoms with Crippen molar-refractivity contribution < 1.29 is 4.79 Å². The third-order valence-electron chi connectivity index (χ3n) is 3.33. The minimum Gasteiger partial charge on any atom is -0.294 e. The summed E-state index contributed by atoms with van der Waals surface area (Å²) in [6, 6.07) is 2.06. The normalized spacial score (nSPS) is 11.0. The minimum atomic E-state index is 0.0708. The molecule has 5 nitrogen and oxygen atoms in total. The van der Waals surface area contributed by atoms with E-state index in [1.54, 1.807) is 6.92 Å². The van der Waals surface area contributed by atoms with Crippen LogP contribution in [0.4, 0.5) is 0 Å². The number of carbonyl (C=O) groups is 1. The Hall–Kier alpha value is -1.91. The molecule has 0 bridgehead atoms. The predicted molar refractivity (Wildman–Crippen MR) is 73.4 cm³/mol. The monoisotopic (exact) mass is 260 g/mol. The third-order valence-corrected chi connectivity index (χ3v) is 3.33. The maximum absolute atomic E-state index is 11.6. The van der Waals surface area contributed by atoms with Crippen LogP contribution >= 0.6 is 0 Å². The molecule has 19 heavy (non-hydrogen) atoms. The SMILES string of the molecule is CCn1nc(C)cc1Cn1nc(C)c(C(C)=O)c1C. The van der Waals surface area contributed by atoms with Crippen LogP contribution in [-0.4, -0.2) is 25.3 Å². The Kier molecular flexibility index (Phi) is 3.55. The fraction of sp³-hybridized carbons (Fsp3) is 0.500. The second-order valence-corrected chi connectivity index (χ2v) is 4.85. The van der Waals surface area contributed by atoms with E-state index in [9.17, 15) is 4.79 Å². The first-order valence-corrected chi connectivity index (χ1v) is 6.52. The summed E-state index contributed by atoms with van der Waals surface area (Å²) in [5.41, 5.74) is 4.57. The molecule has 0 aliphatic rings. The van der Waals surface area contributed by atoms with Gasteiger partial charge < -0.3 is 0 Å². The lowest BCUT2D eigenvalue weighted by molar-refractivity contribution is 0.101. The van der Waals surface area contributed by atoms with E-state index in [-0.39, 0.29) is 5.78 Å². The number of nitrogens with zero attached hydrogens (tertiary/aromatic N) is 4. The fourth-order valence-corrected chi connectivity index (χ4v) is 2.51. The molecule has 0 aliphatic carbocycles. The van der Waals surface area contributed by atoms with Gasteiger partial charge in [0, 0.05) is 12.2 Å². The summed E-state index contributed by atoms with van der Waals surface area (Å²) in [4.78, 5) is 11.6. The molecule has 0 saturated carbocycles. The quantitative estimate of drug-likeness (QED) is 0.792. The van der Waals surface area contributed by atoms with Gasteiger partial charge >= 0.3 is 0 Å². The van der Waals surface area contributed by atoms with Gasteiger partial charge in [0.25, 0.3) is 0 Å². The largest absolute Gasteiger partial charge is 0.294 e. The molecule has 0 aromatic carbocycles. The lowest BCUT2D eigenvalue weighted by atomic mass is 10.1. The summed E-state index contributed by atoms with van der Waals surface area (Å²) in [5.74, 6) is 0.0708. The van der Waals surface area contributed by atoms with Gasteiger partial charge in [-0.15, -0.1) is 0 Å². The van der Waals surface area contributed by atoms with Crippen molar-refractivity contribution in [2.75, 3.05) is 0 Å². The van der Waals surface area contributed by atoms with Gasteiger partial charge in [0.1, 0.15) is 0 Å². The van der Waals surface area contributed by atoms with Crippen LogP contribution in [0.2, 0.25) is 0 Å². The minimum absolute atomic E-state index is 0.0708. The summed E-state index contributed by atoms with van der Waals surface area (Å²) >= 11 is 0. The molecule has 5 heteroatoms. The van der Waals surface area contributed by atoms with Crippen molar-refractivity contribution in [1.29, 1.82) is 0 Å². The van der Waals surface area contributed by atoms with Gasteiger partial charge in [-0.25, -0.2) is 0 Å². The van der Waals surface area contributed by atoms with Crippen molar-refractivity contribution in [3.63, 3.8) is 0 Å². The molecule has 0 spiro atoms. The summed E-state index contributed by atoms with van der Waals surface area (Å²) in [5, 5.41) is 8.89. The predicted octanol–water partition coefficient (Wildman–Crippen LogP) is 2.28. The van der Waals surface area contributed by atoms with E-state index in [1.807, 2.05) is 30.1 Å². The highest BCUT2D eigenvalue weighted by molar-refractivity contribution is 5.96. The van der Waals surface area contributed by atoms with Crippen molar-refractivity contribution in [3.8, 4) is 0 Å². The molecule has 0 aliphatic heterocycles. The number of hydrogen-bond donors (Lipinski definition) is 0. The molecule has 0 fully saturated rings. The van der Waals surface area contributed by atoms with E-state index in [0.717, 1.165) is 34.9 Å². The van der Waals surface area contributed by atoms with Gasteiger partial charge in [0.15, 0.2) is 5.78 Å². The van der Waals surface area contributed by atoms with Gasteiger partial charge in [-0.3, -0.25) is 14.2 Å². The second kappa shape index (κ2) is 4.99. The zero-order valence-corrected chi connectivity index (χ0v) is 12.2. The molecule has 0 unspecified atom stereocenters. The Morgan fingerprint density at radius 3 is 2.42 bits per heavy atom. The van der Waals surface area contributed by atoms with Crippen molar-refractivity contribution >= 4 is 5.78 Å². The number of Topliss-reactive ketones (excluding diaryl/α,β-unsaturated/α-hetero) is 1. The van der Waals surface area contributed by atoms with Gasteiger partial charge in [-0.1, -0.05) is 0 Å². The molecule has 2 aromatic rings. The van der Waals surface area contributed by atoms with Crippen molar-refractivity contribution in [2.24, 2.45) is 0 Å². The Morgan fingerprint density at radius 1 is 1.21 bits per heavy atom. The first kappa shape index (κ1) is 13.5. The van der Waals surface area contributed by atoms with Crippen LogP contribution in [0.1, 0.15) is 47.0 Å². The molecule has 0 N–H and O–H groups in total. The van der Waals surface area contributed by atoms with E-state index in [4.69, 9.17) is 0 Å². The average Bonchev–Trinajstić information content (AvgIpc) is 2.80. The Labute approximate surface area is 113 Å². The fourth-order valence-electron chi connectivity index (χ4n) is 2.51. The van der Waals surface area contributed by atoms with Gasteiger partial charge in [0.2, 0.25) is 0 Å². The summed E-state index contributed by atoms with van der Waals surface area (Å²) in [6.45, 7) is 10.9. The number of aromatic nitrogens is 4. The topological polar surface area (TPSA) is 52.7 Å². The van der Waals surface area contributed by atoms with E-state index >= 15 is 0 Å². The molecule has 102 valence electrons. The standard InChI is InChI=1S/C14H20N4O/c1-6-17-13(7-9(2)15-17)8-18-11(4)14(12(5)19)10(3)16-18/h7H,6,8H2,1-5H3. The number of rotatable bonds is 4. The summed E-state index contributed by atoms with van der Waals surface area (Å²) in [6.07, 6.45) is 0. The third kappa shape index (κ3) is 2.45. The zero-order chi connectivity index (χ0) is 14.2. The lowest BCUT2D eigenvalue weighted by Crippen LogP contribution is -2.10. The van der Waals surface area contributed by atoms with Crippen molar-refractivity contribution in [2.45, 2.75) is 47.7 Å². The van der Waals surface area contributed by atoms with Crippen LogP contribution in [0.5, 0.6) is 0 Å². The van der Waals surface area contributed by atoms with E-state index in [2.05, 4.69) is 23.2 Å². The molecule has 0 atom stereocenters. The van der Waals surface area contributed by atoms with E-state index in [0.29, 0.717) is 6.54 Å². The number of carbonyl (C=O) groups excluding carboxylic acids is 1. The molecule has 2 heterocycles. The Bertz CT molecular complexity index is 622. The molecule has 0 radical (unpaired) electrons. The molecule has 2 rings (SSSR count). The number of aryl methyl sites for hydroxylation is 3. The van der Waals surface area contributed by atoms with Gasteiger partial charge in [0.05, 0.1) is 29.2 Å². The highest BCUT2D eigenvalue weighted by atomic mass is 16.1. The van der Waals surface area contributed by atoms with Gasteiger partial charge in [-0.2, -0.15) is 10.2 Å². The number of hydrogen-bond acceptors (Lipinski definition) is 3. The summed E-state index contributed by atoms with van der Waals surface area (Å²) < 4.78 is 3.86. The highest BCUT2D eigenvalue weighted by Crippen LogP contribution is 2.15. The Balaban J connectivity index is 2.39. The van der Waals surface area contributed by atoms with Crippen LogP contribution < -0.4 is 0 Å². The highest BCUT2D eigenvalue weighted by Gasteiger charge is 2.16. The second-order valence-electron chi connectivity index (χ2n) is 4.85. The molecule has 0 saturated heterocycles.